The van der Waals surface area contributed by atoms with Crippen LogP contribution in [0.2, 0.25) is 0 Å². The molecule has 184 valence electrons. The highest BCUT2D eigenvalue weighted by Crippen LogP contribution is 2.43. The summed E-state index contributed by atoms with van der Waals surface area (Å²) in [6.07, 6.45) is 11.1. The molecule has 0 amide bonds. The molecule has 0 aliphatic heterocycles. The summed E-state index contributed by atoms with van der Waals surface area (Å²) in [6, 6.07) is 9.17. The Morgan fingerprint density at radius 2 is 1.25 bits per heavy atom. The minimum atomic E-state index is 0.378. The molecule has 0 aromatic heterocycles. The van der Waals surface area contributed by atoms with Crippen LogP contribution in [0.15, 0.2) is 46.3 Å². The van der Waals surface area contributed by atoms with Crippen LogP contribution in [0, 0.1) is 0 Å². The highest BCUT2D eigenvalue weighted by Gasteiger charge is 2.31. The average molecular weight is 473 g/mol. The number of anilines is 2. The molecular weight excluding hydrogens is 427 g/mol. The lowest BCUT2D eigenvalue weighted by Gasteiger charge is -2.30. The summed E-state index contributed by atoms with van der Waals surface area (Å²) in [5.74, 6) is 0.378. The SMILES string of the molecule is BC1=C(B)C(c2c(B)c(CCCC)c(B)c(B)c2Nc2ccc(CCCC)cc2)C(B)=C1CCCC. The van der Waals surface area contributed by atoms with Crippen LogP contribution >= 0.6 is 0 Å². The van der Waals surface area contributed by atoms with E-state index in [4.69, 9.17) is 0 Å². The summed E-state index contributed by atoms with van der Waals surface area (Å²) in [4.78, 5) is 0. The Kier molecular flexibility index (Phi) is 10.4. The third kappa shape index (κ3) is 5.98. The fourth-order valence-electron chi connectivity index (χ4n) is 6.20. The summed E-state index contributed by atoms with van der Waals surface area (Å²) < 4.78 is 0. The molecule has 1 unspecified atom stereocenters. The molecule has 1 nitrogen and oxygen atoms in total. The van der Waals surface area contributed by atoms with Crippen molar-refractivity contribution in [1.29, 1.82) is 0 Å². The molecule has 0 bridgehead atoms. The third-order valence-electron chi connectivity index (χ3n) is 8.79. The van der Waals surface area contributed by atoms with Crippen molar-refractivity contribution in [3.8, 4) is 0 Å². The Morgan fingerprint density at radius 3 is 1.86 bits per heavy atom. The van der Waals surface area contributed by atoms with Gasteiger partial charge < -0.3 is 5.32 Å². The summed E-state index contributed by atoms with van der Waals surface area (Å²) in [5.41, 5.74) is 17.7. The summed E-state index contributed by atoms with van der Waals surface area (Å²) in [7, 11) is 14.2. The van der Waals surface area contributed by atoms with Crippen molar-refractivity contribution in [3.05, 3.63) is 62.9 Å². The molecule has 0 saturated carbocycles. The molecular formula is C29H45B6N. The maximum Gasteiger partial charge on any atom is 0.141 e. The molecule has 1 atom stereocenters. The van der Waals surface area contributed by atoms with Gasteiger partial charge in [0.05, 0.1) is 0 Å². The molecule has 7 heteroatoms. The molecule has 1 aliphatic rings. The lowest BCUT2D eigenvalue weighted by atomic mass is 9.62. The molecule has 0 fully saturated rings. The van der Waals surface area contributed by atoms with Gasteiger partial charge in [-0.15, -0.1) is 5.47 Å². The Labute approximate surface area is 227 Å². The second-order valence-electron chi connectivity index (χ2n) is 11.2. The summed E-state index contributed by atoms with van der Waals surface area (Å²) >= 11 is 0. The van der Waals surface area contributed by atoms with Crippen LogP contribution in [0.25, 0.3) is 0 Å². The van der Waals surface area contributed by atoms with E-state index in [1.807, 2.05) is 0 Å². The van der Waals surface area contributed by atoms with Gasteiger partial charge in [-0.1, -0.05) is 90.6 Å². The van der Waals surface area contributed by atoms with Crippen molar-refractivity contribution in [2.75, 3.05) is 5.32 Å². The van der Waals surface area contributed by atoms with Crippen LogP contribution in [0.5, 0.6) is 0 Å². The van der Waals surface area contributed by atoms with Crippen LogP contribution in [0.3, 0.4) is 0 Å². The van der Waals surface area contributed by atoms with E-state index >= 15 is 0 Å². The lowest BCUT2D eigenvalue weighted by Crippen LogP contribution is -2.40. The molecule has 1 N–H and O–H groups in total. The van der Waals surface area contributed by atoms with Crippen LogP contribution in [-0.2, 0) is 12.8 Å². The zero-order valence-corrected chi connectivity index (χ0v) is 24.8. The molecule has 0 radical (unpaired) electrons. The van der Waals surface area contributed by atoms with Crippen molar-refractivity contribution in [2.45, 2.75) is 84.5 Å². The molecule has 0 saturated heterocycles. The number of allylic oxidation sites excluding steroid dienone is 4. The smallest absolute Gasteiger partial charge is 0.141 e. The van der Waals surface area contributed by atoms with Crippen molar-refractivity contribution in [1.82, 2.24) is 0 Å². The minimum absolute atomic E-state index is 0.378. The van der Waals surface area contributed by atoms with Crippen molar-refractivity contribution in [2.24, 2.45) is 0 Å². The van der Waals surface area contributed by atoms with Crippen molar-refractivity contribution >= 4 is 74.8 Å². The Morgan fingerprint density at radius 1 is 0.667 bits per heavy atom. The number of rotatable bonds is 12. The molecule has 1 aliphatic carbocycles. The predicted molar refractivity (Wildman–Crippen MR) is 180 cm³/mol. The van der Waals surface area contributed by atoms with E-state index in [2.05, 4.69) is 97.4 Å². The van der Waals surface area contributed by atoms with Gasteiger partial charge >= 0.3 is 0 Å². The fourth-order valence-corrected chi connectivity index (χ4v) is 6.20. The first kappa shape index (κ1) is 28.7. The summed E-state index contributed by atoms with van der Waals surface area (Å²) in [5, 5.41) is 3.93. The lowest BCUT2D eigenvalue weighted by molar-refractivity contribution is 0.794. The quantitative estimate of drug-likeness (QED) is 0.445. The standard InChI is InChI=1S/C29H45B6N/c1-4-7-10-17-13-15-18(16-14-17)36-29-22(24(31)20(12-9-6-3)26(33)28(29)35)21-23(30)19(11-8-5-2)25(32)27(21)34/h13-16,21,36H,4-12,30-35H2,1-3H3. The van der Waals surface area contributed by atoms with E-state index in [1.165, 1.54) is 102 Å². The third-order valence-corrected chi connectivity index (χ3v) is 8.79. The monoisotopic (exact) mass is 473 g/mol. The van der Waals surface area contributed by atoms with Gasteiger partial charge in [-0.2, -0.15) is 0 Å². The molecule has 36 heavy (non-hydrogen) atoms. The summed E-state index contributed by atoms with van der Waals surface area (Å²) in [6.45, 7) is 6.87. The number of benzene rings is 2. The van der Waals surface area contributed by atoms with Gasteiger partial charge in [0.25, 0.3) is 0 Å². The van der Waals surface area contributed by atoms with Crippen LogP contribution in [0.4, 0.5) is 11.4 Å². The van der Waals surface area contributed by atoms with E-state index in [1.54, 1.807) is 22.1 Å². The topological polar surface area (TPSA) is 12.0 Å². The normalized spacial score (nSPS) is 15.7. The number of hydrogen-bond donors (Lipinski definition) is 1. The van der Waals surface area contributed by atoms with E-state index in [0.717, 1.165) is 0 Å². The Balaban J connectivity index is 2.15. The van der Waals surface area contributed by atoms with Crippen LogP contribution < -0.4 is 21.7 Å². The number of hydrogen-bond acceptors (Lipinski definition) is 1. The van der Waals surface area contributed by atoms with Gasteiger partial charge in [0.2, 0.25) is 0 Å². The first-order chi connectivity index (χ1) is 17.3. The Bertz CT molecular complexity index is 1130. The van der Waals surface area contributed by atoms with Gasteiger partial charge in [0, 0.05) is 17.3 Å². The van der Waals surface area contributed by atoms with E-state index in [-0.39, 0.29) is 0 Å². The van der Waals surface area contributed by atoms with Crippen molar-refractivity contribution < 1.29 is 0 Å². The fraction of sp³-hybridized carbons (Fsp3) is 0.448. The molecule has 2 aromatic carbocycles. The first-order valence-electron chi connectivity index (χ1n) is 14.6. The van der Waals surface area contributed by atoms with Gasteiger partial charge in [-0.05, 0) is 61.8 Å². The second kappa shape index (κ2) is 13.1. The van der Waals surface area contributed by atoms with Gasteiger partial charge in [-0.25, -0.2) is 0 Å². The molecule has 2 aromatic rings. The van der Waals surface area contributed by atoms with Crippen molar-refractivity contribution in [3.63, 3.8) is 0 Å². The van der Waals surface area contributed by atoms with E-state index in [0.29, 0.717) is 5.92 Å². The van der Waals surface area contributed by atoms with E-state index in [9.17, 15) is 0 Å². The largest absolute Gasteiger partial charge is 0.356 e. The molecule has 0 heterocycles. The van der Waals surface area contributed by atoms with Gasteiger partial charge in [0.15, 0.2) is 0 Å². The maximum atomic E-state index is 3.93. The minimum Gasteiger partial charge on any atom is -0.356 e. The molecule has 3 rings (SSSR count). The molecule has 0 spiro atoms. The van der Waals surface area contributed by atoms with Gasteiger partial charge in [-0.3, -0.25) is 0 Å². The van der Waals surface area contributed by atoms with Crippen LogP contribution in [-0.4, -0.2) is 47.1 Å². The number of nitrogens with one attached hydrogen (secondary N) is 1. The number of aryl methyl sites for hydroxylation is 1. The average Bonchev–Trinajstić information content (AvgIpc) is 3.08. The Hall–Kier alpha value is -1.89. The van der Waals surface area contributed by atoms with E-state index < -0.39 is 0 Å². The predicted octanol–water partition coefficient (Wildman–Crippen LogP) is 0.543. The maximum absolute atomic E-state index is 3.93. The second-order valence-corrected chi connectivity index (χ2v) is 11.2. The highest BCUT2D eigenvalue weighted by molar-refractivity contribution is 6.54. The zero-order chi connectivity index (χ0) is 26.4. The van der Waals surface area contributed by atoms with Crippen LogP contribution in [0.1, 0.15) is 88.3 Å². The highest BCUT2D eigenvalue weighted by atomic mass is 14.9. The number of unbranched alkanes of at least 4 members (excludes halogenated alkanes) is 3. The zero-order valence-electron chi connectivity index (χ0n) is 24.8. The van der Waals surface area contributed by atoms with Gasteiger partial charge in [0.1, 0.15) is 47.1 Å². The first-order valence-corrected chi connectivity index (χ1v) is 14.6.